The van der Waals surface area contributed by atoms with Crippen molar-refractivity contribution in [2.24, 2.45) is 0 Å². The quantitative estimate of drug-likeness (QED) is 0.236. The molecule has 5 rings (SSSR count). The first-order valence-corrected chi connectivity index (χ1v) is 11.2. The first-order chi connectivity index (χ1) is 13.1. The minimum absolute atomic E-state index is 0.0687. The van der Waals surface area contributed by atoms with Gasteiger partial charge in [0.1, 0.15) is 11.2 Å². The molecule has 0 saturated heterocycles. The fourth-order valence-electron chi connectivity index (χ4n) is 4.53. The molecular weight excluding hydrogens is 476 g/mol. The predicted molar refractivity (Wildman–Crippen MR) is 125 cm³/mol. The molecule has 142 valence electrons. The van der Waals surface area contributed by atoms with Crippen molar-refractivity contribution in [3.05, 3.63) is 68.1 Å². The third kappa shape index (κ3) is 2.42. The smallest absolute Gasteiger partial charge is 0.144 e. The summed E-state index contributed by atoms with van der Waals surface area (Å²) in [6.45, 7) is 11.3. The molecule has 3 heteroatoms. The lowest BCUT2D eigenvalue weighted by Crippen LogP contribution is -2.15. The van der Waals surface area contributed by atoms with E-state index in [9.17, 15) is 0 Å². The van der Waals surface area contributed by atoms with Gasteiger partial charge in [0, 0.05) is 30.7 Å². The first-order valence-electron chi connectivity index (χ1n) is 9.59. The van der Waals surface area contributed by atoms with E-state index in [0.717, 1.165) is 20.1 Å². The maximum atomic E-state index is 6.48. The standard InChI is InChI=1S/C25H22Br2O/c1-24(2,3)13-6-9-20-16(10-13)22-19(27)12-18-21(23(22)28-20)15-8-7-14(26)11-17(15)25(18,4)5/h6-12H,1-5H3. The van der Waals surface area contributed by atoms with Crippen molar-refractivity contribution in [3.8, 4) is 11.1 Å². The molecule has 1 aliphatic rings. The van der Waals surface area contributed by atoms with Gasteiger partial charge in [-0.2, -0.15) is 0 Å². The molecule has 1 heterocycles. The maximum Gasteiger partial charge on any atom is 0.144 e. The fourth-order valence-corrected chi connectivity index (χ4v) is 5.51. The highest BCUT2D eigenvalue weighted by atomic mass is 79.9. The highest BCUT2D eigenvalue weighted by Gasteiger charge is 2.38. The molecule has 4 aromatic rings. The van der Waals surface area contributed by atoms with Crippen LogP contribution in [0.2, 0.25) is 0 Å². The van der Waals surface area contributed by atoms with E-state index in [1.807, 2.05) is 0 Å². The molecule has 28 heavy (non-hydrogen) atoms. The fraction of sp³-hybridized carbons (Fsp3) is 0.280. The Kier molecular flexibility index (Phi) is 3.78. The van der Waals surface area contributed by atoms with Crippen LogP contribution >= 0.6 is 31.9 Å². The Bertz CT molecular complexity index is 1290. The summed E-state index contributed by atoms with van der Waals surface area (Å²) < 4.78 is 8.70. The summed E-state index contributed by atoms with van der Waals surface area (Å²) in [6, 6.07) is 15.5. The molecule has 0 unspecified atom stereocenters. The Balaban J connectivity index is 1.93. The van der Waals surface area contributed by atoms with E-state index in [-0.39, 0.29) is 10.8 Å². The second-order valence-electron chi connectivity index (χ2n) is 9.36. The summed E-state index contributed by atoms with van der Waals surface area (Å²) in [4.78, 5) is 0. The molecule has 1 nitrogen and oxygen atoms in total. The van der Waals surface area contributed by atoms with Crippen LogP contribution in [-0.4, -0.2) is 0 Å². The van der Waals surface area contributed by atoms with Crippen LogP contribution in [0.4, 0.5) is 0 Å². The topological polar surface area (TPSA) is 13.1 Å². The van der Waals surface area contributed by atoms with Gasteiger partial charge in [0.2, 0.25) is 0 Å². The van der Waals surface area contributed by atoms with E-state index < -0.39 is 0 Å². The van der Waals surface area contributed by atoms with Crippen LogP contribution in [0.15, 0.2) is 55.8 Å². The van der Waals surface area contributed by atoms with Crippen molar-refractivity contribution in [2.45, 2.75) is 45.4 Å². The molecule has 0 bridgehead atoms. The highest BCUT2D eigenvalue weighted by Crippen LogP contribution is 2.54. The van der Waals surface area contributed by atoms with Crippen molar-refractivity contribution >= 4 is 53.8 Å². The largest absolute Gasteiger partial charge is 0.455 e. The number of furan rings is 1. The van der Waals surface area contributed by atoms with E-state index in [1.54, 1.807) is 0 Å². The van der Waals surface area contributed by atoms with E-state index in [4.69, 9.17) is 4.42 Å². The summed E-state index contributed by atoms with van der Waals surface area (Å²) in [5.41, 5.74) is 8.44. The Morgan fingerprint density at radius 2 is 1.64 bits per heavy atom. The summed E-state index contributed by atoms with van der Waals surface area (Å²) >= 11 is 7.51. The molecule has 0 atom stereocenters. The maximum absolute atomic E-state index is 6.48. The summed E-state index contributed by atoms with van der Waals surface area (Å²) in [5, 5.41) is 2.35. The molecule has 0 radical (unpaired) electrons. The Morgan fingerprint density at radius 1 is 0.893 bits per heavy atom. The molecule has 0 aliphatic heterocycles. The van der Waals surface area contributed by atoms with Crippen molar-refractivity contribution in [1.82, 2.24) is 0 Å². The van der Waals surface area contributed by atoms with Gasteiger partial charge in [-0.25, -0.2) is 0 Å². The van der Waals surface area contributed by atoms with Gasteiger partial charge in [-0.15, -0.1) is 0 Å². The van der Waals surface area contributed by atoms with Crippen LogP contribution in [0.1, 0.15) is 51.3 Å². The van der Waals surface area contributed by atoms with E-state index in [2.05, 4.69) is 109 Å². The van der Waals surface area contributed by atoms with E-state index in [1.165, 1.54) is 38.6 Å². The molecule has 0 amide bonds. The molecule has 1 aromatic heterocycles. The molecule has 0 spiro atoms. The zero-order valence-electron chi connectivity index (χ0n) is 16.7. The van der Waals surface area contributed by atoms with Gasteiger partial charge in [0.15, 0.2) is 0 Å². The van der Waals surface area contributed by atoms with E-state index in [0.29, 0.717) is 0 Å². The summed E-state index contributed by atoms with van der Waals surface area (Å²) in [6.07, 6.45) is 0. The number of hydrogen-bond donors (Lipinski definition) is 0. The minimum atomic E-state index is -0.0687. The number of fused-ring (bicyclic) bond motifs is 7. The normalized spacial score (nSPS) is 15.2. The number of halogens is 2. The van der Waals surface area contributed by atoms with Crippen LogP contribution in [0.5, 0.6) is 0 Å². The lowest BCUT2D eigenvalue weighted by Gasteiger charge is -2.21. The molecule has 0 fully saturated rings. The predicted octanol–water partition coefficient (Wildman–Crippen LogP) is 8.71. The molecular formula is C25H22Br2O. The number of rotatable bonds is 0. The van der Waals surface area contributed by atoms with Crippen molar-refractivity contribution in [3.63, 3.8) is 0 Å². The van der Waals surface area contributed by atoms with Crippen molar-refractivity contribution in [1.29, 1.82) is 0 Å². The van der Waals surface area contributed by atoms with E-state index >= 15 is 0 Å². The van der Waals surface area contributed by atoms with Gasteiger partial charge in [0.05, 0.1) is 0 Å². The van der Waals surface area contributed by atoms with Crippen LogP contribution in [0, 0.1) is 0 Å². The average molecular weight is 498 g/mol. The summed E-state index contributed by atoms with van der Waals surface area (Å²) in [7, 11) is 0. The van der Waals surface area contributed by atoms with Crippen LogP contribution in [0.3, 0.4) is 0 Å². The van der Waals surface area contributed by atoms with Crippen molar-refractivity contribution in [2.75, 3.05) is 0 Å². The van der Waals surface area contributed by atoms with Gasteiger partial charge in [-0.1, -0.05) is 78.6 Å². The SMILES string of the molecule is CC(C)(C)c1ccc2oc3c4c(cc(Br)c3c2c1)C(C)(C)c1cc(Br)ccc1-4. The first kappa shape index (κ1) is 18.4. The molecule has 3 aromatic carbocycles. The zero-order valence-corrected chi connectivity index (χ0v) is 19.9. The average Bonchev–Trinajstić information content (AvgIpc) is 3.09. The third-order valence-electron chi connectivity index (χ3n) is 6.16. The second kappa shape index (κ2) is 5.73. The number of hydrogen-bond acceptors (Lipinski definition) is 1. The monoisotopic (exact) mass is 496 g/mol. The van der Waals surface area contributed by atoms with Gasteiger partial charge < -0.3 is 4.42 Å². The van der Waals surface area contributed by atoms with Crippen molar-refractivity contribution < 1.29 is 4.42 Å². The van der Waals surface area contributed by atoms with Crippen LogP contribution in [0.25, 0.3) is 33.1 Å². The van der Waals surface area contributed by atoms with Gasteiger partial charge in [-0.3, -0.25) is 0 Å². The Morgan fingerprint density at radius 3 is 2.36 bits per heavy atom. The Hall–Kier alpha value is -1.58. The van der Waals surface area contributed by atoms with Gasteiger partial charge in [0.25, 0.3) is 0 Å². The molecule has 0 saturated carbocycles. The lowest BCUT2D eigenvalue weighted by atomic mass is 9.82. The van der Waals surface area contributed by atoms with Crippen LogP contribution < -0.4 is 0 Å². The minimum Gasteiger partial charge on any atom is -0.455 e. The van der Waals surface area contributed by atoms with Gasteiger partial charge in [-0.05, 0) is 58.0 Å². The zero-order chi connectivity index (χ0) is 20.0. The lowest BCUT2D eigenvalue weighted by molar-refractivity contribution is 0.590. The van der Waals surface area contributed by atoms with Gasteiger partial charge >= 0.3 is 0 Å². The molecule has 1 aliphatic carbocycles. The van der Waals surface area contributed by atoms with Crippen LogP contribution in [-0.2, 0) is 10.8 Å². The highest BCUT2D eigenvalue weighted by molar-refractivity contribution is 9.11. The Labute approximate surface area is 182 Å². The third-order valence-corrected chi connectivity index (χ3v) is 7.28. The second-order valence-corrected chi connectivity index (χ2v) is 11.1. The molecule has 0 N–H and O–H groups in total. The summed E-state index contributed by atoms with van der Waals surface area (Å²) in [5.74, 6) is 0. The number of benzene rings is 3.